The number of hydrogen-bond donors (Lipinski definition) is 2. The third kappa shape index (κ3) is 3.49. The number of benzene rings is 1. The first-order valence-electron chi connectivity index (χ1n) is 11.4. The van der Waals surface area contributed by atoms with Gasteiger partial charge in [-0.3, -0.25) is 0 Å². The van der Waals surface area contributed by atoms with E-state index in [-0.39, 0.29) is 38.2 Å². The SMILES string of the molecule is CC(C)(C)C1(C(C)(C)C)CC(O)=C(c2ccccc2O)C(C(C)(C)C)(C(C)(C)C)C1. The first-order valence-corrected chi connectivity index (χ1v) is 11.4. The van der Waals surface area contributed by atoms with E-state index < -0.39 is 0 Å². The normalized spacial score (nSPS) is 20.4. The Morgan fingerprint density at radius 2 is 1.10 bits per heavy atom. The van der Waals surface area contributed by atoms with Gasteiger partial charge in [0.05, 0.1) is 5.76 Å². The molecule has 0 bridgehead atoms. The van der Waals surface area contributed by atoms with Crippen LogP contribution in [0.15, 0.2) is 30.0 Å². The maximum atomic E-state index is 11.8. The van der Waals surface area contributed by atoms with E-state index in [2.05, 4.69) is 83.1 Å². The molecule has 0 heterocycles. The van der Waals surface area contributed by atoms with Gasteiger partial charge < -0.3 is 10.2 Å². The molecule has 0 radical (unpaired) electrons. The van der Waals surface area contributed by atoms with Crippen LogP contribution in [0.3, 0.4) is 0 Å². The van der Waals surface area contributed by atoms with Gasteiger partial charge in [-0.1, -0.05) is 101 Å². The molecule has 1 aromatic rings. The van der Waals surface area contributed by atoms with E-state index in [0.29, 0.717) is 12.2 Å². The summed E-state index contributed by atoms with van der Waals surface area (Å²) in [6, 6.07) is 7.51. The van der Waals surface area contributed by atoms with Gasteiger partial charge in [-0.25, -0.2) is 0 Å². The molecule has 0 saturated heterocycles. The van der Waals surface area contributed by atoms with Gasteiger partial charge in [-0.15, -0.1) is 0 Å². The number of aliphatic hydroxyl groups excluding tert-OH is 1. The van der Waals surface area contributed by atoms with Gasteiger partial charge in [0.1, 0.15) is 5.75 Å². The lowest BCUT2D eigenvalue weighted by Crippen LogP contribution is -2.59. The number of rotatable bonds is 1. The minimum Gasteiger partial charge on any atom is -0.512 e. The lowest BCUT2D eigenvalue weighted by molar-refractivity contribution is -0.127. The van der Waals surface area contributed by atoms with Crippen LogP contribution in [0.4, 0.5) is 0 Å². The van der Waals surface area contributed by atoms with Crippen LogP contribution in [-0.4, -0.2) is 10.2 Å². The quantitative estimate of drug-likeness (QED) is 0.483. The van der Waals surface area contributed by atoms with Gasteiger partial charge in [0.25, 0.3) is 0 Å². The van der Waals surface area contributed by atoms with Crippen LogP contribution in [0.2, 0.25) is 0 Å². The van der Waals surface area contributed by atoms with Crippen LogP contribution in [-0.2, 0) is 0 Å². The lowest BCUT2D eigenvalue weighted by Gasteiger charge is -2.66. The van der Waals surface area contributed by atoms with Crippen molar-refractivity contribution in [2.75, 3.05) is 0 Å². The van der Waals surface area contributed by atoms with E-state index in [1.807, 2.05) is 18.2 Å². The Labute approximate surface area is 185 Å². The van der Waals surface area contributed by atoms with Crippen LogP contribution in [0.5, 0.6) is 5.75 Å². The van der Waals surface area contributed by atoms with Crippen LogP contribution in [0.25, 0.3) is 5.57 Å². The second-order valence-electron chi connectivity index (χ2n) is 13.7. The molecule has 170 valence electrons. The maximum absolute atomic E-state index is 11.8. The first-order chi connectivity index (χ1) is 13.2. The van der Waals surface area contributed by atoms with Crippen molar-refractivity contribution in [2.45, 2.75) is 95.9 Å². The fourth-order valence-electron chi connectivity index (χ4n) is 6.89. The maximum Gasteiger partial charge on any atom is 0.123 e. The Hall–Kier alpha value is -1.44. The molecule has 0 saturated carbocycles. The lowest BCUT2D eigenvalue weighted by atomic mass is 9.37. The zero-order valence-corrected chi connectivity index (χ0v) is 21.6. The summed E-state index contributed by atoms with van der Waals surface area (Å²) >= 11 is 0. The van der Waals surface area contributed by atoms with Crippen molar-refractivity contribution < 1.29 is 10.2 Å². The highest BCUT2D eigenvalue weighted by Gasteiger charge is 2.65. The van der Waals surface area contributed by atoms with Crippen molar-refractivity contribution in [1.82, 2.24) is 0 Å². The standard InChI is InChI=1S/C28H46O2/c1-23(2,3)27(24(4,5)6)17-21(30)22(19-15-13-14-16-20(19)29)28(18-27,25(7,8)9)26(10,11)12/h13-16,29-30H,17-18H2,1-12H3. The summed E-state index contributed by atoms with van der Waals surface area (Å²) < 4.78 is 0. The van der Waals surface area contributed by atoms with Crippen molar-refractivity contribution in [2.24, 2.45) is 32.5 Å². The highest BCUT2D eigenvalue weighted by molar-refractivity contribution is 5.78. The second kappa shape index (κ2) is 7.04. The zero-order chi connectivity index (χ0) is 23.6. The second-order valence-corrected chi connectivity index (χ2v) is 13.7. The van der Waals surface area contributed by atoms with Gasteiger partial charge in [0, 0.05) is 23.0 Å². The van der Waals surface area contributed by atoms with Crippen LogP contribution in [0, 0.1) is 32.5 Å². The molecular weight excluding hydrogens is 368 g/mol. The van der Waals surface area contributed by atoms with Gasteiger partial charge in [0.15, 0.2) is 0 Å². The molecule has 30 heavy (non-hydrogen) atoms. The van der Waals surface area contributed by atoms with Gasteiger partial charge >= 0.3 is 0 Å². The molecule has 0 fully saturated rings. The zero-order valence-electron chi connectivity index (χ0n) is 21.6. The van der Waals surface area contributed by atoms with E-state index in [9.17, 15) is 10.2 Å². The monoisotopic (exact) mass is 414 g/mol. The first kappa shape index (κ1) is 24.8. The van der Waals surface area contributed by atoms with Crippen LogP contribution in [0.1, 0.15) is 101 Å². The summed E-state index contributed by atoms with van der Waals surface area (Å²) in [5.74, 6) is 0.688. The summed E-state index contributed by atoms with van der Waals surface area (Å²) in [4.78, 5) is 0. The molecule has 0 spiro atoms. The van der Waals surface area contributed by atoms with Crippen molar-refractivity contribution in [3.8, 4) is 5.75 Å². The van der Waals surface area contributed by atoms with E-state index in [1.54, 1.807) is 6.07 Å². The van der Waals surface area contributed by atoms with Crippen LogP contribution >= 0.6 is 0 Å². The molecule has 2 N–H and O–H groups in total. The fourth-order valence-corrected chi connectivity index (χ4v) is 6.89. The van der Waals surface area contributed by atoms with Crippen molar-refractivity contribution in [3.05, 3.63) is 35.6 Å². The van der Waals surface area contributed by atoms with Gasteiger partial charge in [-0.2, -0.15) is 0 Å². The molecule has 0 atom stereocenters. The largest absolute Gasteiger partial charge is 0.512 e. The Morgan fingerprint density at radius 1 is 0.667 bits per heavy atom. The summed E-state index contributed by atoms with van der Waals surface area (Å²) in [5.41, 5.74) is 0.954. The summed E-state index contributed by atoms with van der Waals surface area (Å²) in [6.07, 6.45) is 1.57. The third-order valence-corrected chi connectivity index (χ3v) is 8.36. The number of allylic oxidation sites excluding steroid dienone is 2. The van der Waals surface area contributed by atoms with Gasteiger partial charge in [-0.05, 0) is 39.6 Å². The molecule has 0 aliphatic heterocycles. The number of aliphatic hydroxyl groups is 1. The van der Waals surface area contributed by atoms with E-state index in [4.69, 9.17) is 0 Å². The van der Waals surface area contributed by atoms with Gasteiger partial charge in [0.2, 0.25) is 0 Å². The average Bonchev–Trinajstić information content (AvgIpc) is 2.50. The molecule has 1 aliphatic carbocycles. The summed E-state index contributed by atoms with van der Waals surface area (Å²) in [7, 11) is 0. The summed E-state index contributed by atoms with van der Waals surface area (Å²) in [6.45, 7) is 27.7. The molecule has 2 nitrogen and oxygen atoms in total. The smallest absolute Gasteiger partial charge is 0.123 e. The molecule has 1 aromatic carbocycles. The van der Waals surface area contributed by atoms with E-state index >= 15 is 0 Å². The predicted molar refractivity (Wildman–Crippen MR) is 130 cm³/mol. The molecule has 0 unspecified atom stereocenters. The molecule has 2 heteroatoms. The molecule has 0 amide bonds. The molecule has 0 aromatic heterocycles. The number of phenolic OH excluding ortho intramolecular Hbond substituents is 1. The van der Waals surface area contributed by atoms with Crippen LogP contribution < -0.4 is 0 Å². The molecular formula is C28H46O2. The number of para-hydroxylation sites is 1. The minimum absolute atomic E-state index is 0.00869. The Morgan fingerprint density at radius 3 is 1.47 bits per heavy atom. The van der Waals surface area contributed by atoms with E-state index in [1.165, 1.54) is 0 Å². The van der Waals surface area contributed by atoms with E-state index in [0.717, 1.165) is 17.6 Å². The predicted octanol–water partition coefficient (Wildman–Crippen LogP) is 8.61. The fraction of sp³-hybridized carbons (Fsp3) is 0.714. The highest BCUT2D eigenvalue weighted by atomic mass is 16.3. The third-order valence-electron chi connectivity index (χ3n) is 8.36. The number of phenols is 1. The number of aromatic hydroxyl groups is 1. The van der Waals surface area contributed by atoms with Crippen molar-refractivity contribution in [3.63, 3.8) is 0 Å². The van der Waals surface area contributed by atoms with Crippen molar-refractivity contribution in [1.29, 1.82) is 0 Å². The average molecular weight is 415 g/mol. The highest BCUT2D eigenvalue weighted by Crippen LogP contribution is 2.73. The minimum atomic E-state index is -0.346. The number of hydrogen-bond acceptors (Lipinski definition) is 2. The Balaban J connectivity index is 3.09. The Bertz CT molecular complexity index is 786. The Kier molecular flexibility index (Phi) is 5.82. The topological polar surface area (TPSA) is 40.5 Å². The molecule has 2 rings (SSSR count). The molecule has 1 aliphatic rings. The summed E-state index contributed by atoms with van der Waals surface area (Å²) in [5, 5.41) is 22.7. The van der Waals surface area contributed by atoms with Crippen molar-refractivity contribution >= 4 is 5.57 Å².